The highest BCUT2D eigenvalue weighted by molar-refractivity contribution is 5.64. The van der Waals surface area contributed by atoms with E-state index in [0.717, 1.165) is 18.8 Å². The summed E-state index contributed by atoms with van der Waals surface area (Å²) in [7, 11) is 0. The molecule has 0 heterocycles. The first-order chi connectivity index (χ1) is 17.3. The maximum Gasteiger partial charge on any atom is 0.119 e. The van der Waals surface area contributed by atoms with Crippen molar-refractivity contribution >= 4 is 0 Å². The topological polar surface area (TPSA) is 9.23 Å². The lowest BCUT2D eigenvalue weighted by molar-refractivity contribution is 0.265. The van der Waals surface area contributed by atoms with Gasteiger partial charge in [0, 0.05) is 0 Å². The quantitative estimate of drug-likeness (QED) is 0.206. The zero-order chi connectivity index (χ0) is 24.6. The third kappa shape index (κ3) is 9.32. The highest BCUT2D eigenvalue weighted by atomic mass is 16.5. The fraction of sp³-hybridized carbons (Fsp3) is 0.647. The normalized spacial score (nSPS) is 15.3. The van der Waals surface area contributed by atoms with Crippen LogP contribution in [-0.4, -0.2) is 6.61 Å². The standard InChI is InChI=1S/C34H52O/c1-3-5-7-9-11-14-26-34(27-15-13-16-28-34)32-22-18-30(19-23-32)31-20-24-33(25-21-31)35-29-17-12-10-8-6-4-2/h18-25H,3-17,26-29H2,1-2H3. The van der Waals surface area contributed by atoms with Crippen LogP contribution in [0.3, 0.4) is 0 Å². The lowest BCUT2D eigenvalue weighted by Gasteiger charge is -2.38. The van der Waals surface area contributed by atoms with Crippen LogP contribution in [0, 0.1) is 0 Å². The Morgan fingerprint density at radius 2 is 1.09 bits per heavy atom. The molecule has 0 aliphatic heterocycles. The maximum absolute atomic E-state index is 5.98. The van der Waals surface area contributed by atoms with E-state index in [-0.39, 0.29) is 0 Å². The van der Waals surface area contributed by atoms with Gasteiger partial charge in [-0.05, 0) is 59.9 Å². The molecular formula is C34H52O. The largest absolute Gasteiger partial charge is 0.494 e. The van der Waals surface area contributed by atoms with E-state index in [1.54, 1.807) is 5.56 Å². The van der Waals surface area contributed by atoms with E-state index in [9.17, 15) is 0 Å². The summed E-state index contributed by atoms with van der Waals surface area (Å²) in [6.07, 6.45) is 24.6. The Hall–Kier alpha value is -1.76. The van der Waals surface area contributed by atoms with E-state index in [0.29, 0.717) is 5.41 Å². The molecule has 0 atom stereocenters. The van der Waals surface area contributed by atoms with Crippen molar-refractivity contribution in [2.45, 2.75) is 135 Å². The Bertz CT molecular complexity index is 782. The minimum atomic E-state index is 0.426. The molecule has 1 fully saturated rings. The zero-order valence-electron chi connectivity index (χ0n) is 23.0. The Labute approximate surface area is 217 Å². The first kappa shape index (κ1) is 27.8. The molecule has 1 heteroatoms. The minimum absolute atomic E-state index is 0.426. The van der Waals surface area contributed by atoms with E-state index < -0.39 is 0 Å². The molecule has 2 aromatic carbocycles. The second-order valence-electron chi connectivity index (χ2n) is 11.1. The van der Waals surface area contributed by atoms with Gasteiger partial charge < -0.3 is 4.74 Å². The van der Waals surface area contributed by atoms with Crippen LogP contribution >= 0.6 is 0 Å². The van der Waals surface area contributed by atoms with Gasteiger partial charge in [-0.1, -0.05) is 140 Å². The van der Waals surface area contributed by atoms with Crippen LogP contribution in [0.25, 0.3) is 11.1 Å². The Morgan fingerprint density at radius 1 is 0.571 bits per heavy atom. The predicted octanol–water partition coefficient (Wildman–Crippen LogP) is 11.0. The molecule has 0 unspecified atom stereocenters. The molecule has 194 valence electrons. The van der Waals surface area contributed by atoms with Gasteiger partial charge in [-0.25, -0.2) is 0 Å². The lowest BCUT2D eigenvalue weighted by atomic mass is 9.66. The van der Waals surface area contributed by atoms with Crippen LogP contribution < -0.4 is 4.74 Å². The van der Waals surface area contributed by atoms with E-state index >= 15 is 0 Å². The number of hydrogen-bond acceptors (Lipinski definition) is 1. The average Bonchev–Trinajstić information content (AvgIpc) is 2.91. The van der Waals surface area contributed by atoms with Gasteiger partial charge in [0.2, 0.25) is 0 Å². The number of benzene rings is 2. The fourth-order valence-corrected chi connectivity index (χ4v) is 5.99. The van der Waals surface area contributed by atoms with Crippen molar-refractivity contribution < 1.29 is 4.74 Å². The monoisotopic (exact) mass is 476 g/mol. The molecule has 3 rings (SSSR count). The second-order valence-corrected chi connectivity index (χ2v) is 11.1. The van der Waals surface area contributed by atoms with Gasteiger partial charge in [0.1, 0.15) is 5.75 Å². The summed E-state index contributed by atoms with van der Waals surface area (Å²) in [5.74, 6) is 0.999. The van der Waals surface area contributed by atoms with Crippen LogP contribution in [0.15, 0.2) is 48.5 Å². The lowest BCUT2D eigenvalue weighted by Crippen LogP contribution is -2.29. The minimum Gasteiger partial charge on any atom is -0.494 e. The molecule has 1 aliphatic carbocycles. The summed E-state index contributed by atoms with van der Waals surface area (Å²) in [4.78, 5) is 0. The summed E-state index contributed by atoms with van der Waals surface area (Å²) in [5, 5.41) is 0. The molecule has 0 N–H and O–H groups in total. The molecule has 35 heavy (non-hydrogen) atoms. The van der Waals surface area contributed by atoms with Crippen LogP contribution in [0.4, 0.5) is 0 Å². The SMILES string of the molecule is CCCCCCCCOc1ccc(-c2ccc(C3(CCCCCCCC)CCCCC3)cc2)cc1. The third-order valence-corrected chi connectivity index (χ3v) is 8.27. The fourth-order valence-electron chi connectivity index (χ4n) is 5.99. The van der Waals surface area contributed by atoms with Gasteiger partial charge in [-0.15, -0.1) is 0 Å². The van der Waals surface area contributed by atoms with Crippen LogP contribution in [0.2, 0.25) is 0 Å². The summed E-state index contributed by atoms with van der Waals surface area (Å²) in [5.41, 5.74) is 4.63. The Balaban J connectivity index is 1.51. The van der Waals surface area contributed by atoms with Gasteiger partial charge in [0.25, 0.3) is 0 Å². The van der Waals surface area contributed by atoms with Crippen molar-refractivity contribution in [3.05, 3.63) is 54.1 Å². The molecule has 1 aliphatic rings. The van der Waals surface area contributed by atoms with Crippen molar-refractivity contribution in [3.8, 4) is 16.9 Å². The second kappa shape index (κ2) is 16.1. The molecule has 1 saturated carbocycles. The number of ether oxygens (including phenoxy) is 1. The molecule has 2 aromatic rings. The third-order valence-electron chi connectivity index (χ3n) is 8.27. The van der Waals surface area contributed by atoms with E-state index in [1.807, 2.05) is 0 Å². The first-order valence-corrected chi connectivity index (χ1v) is 15.1. The van der Waals surface area contributed by atoms with Crippen molar-refractivity contribution in [1.82, 2.24) is 0 Å². The van der Waals surface area contributed by atoms with Crippen molar-refractivity contribution in [2.24, 2.45) is 0 Å². The van der Waals surface area contributed by atoms with Gasteiger partial charge in [-0.3, -0.25) is 0 Å². The zero-order valence-corrected chi connectivity index (χ0v) is 23.0. The number of rotatable bonds is 17. The summed E-state index contributed by atoms with van der Waals surface area (Å²) >= 11 is 0. The van der Waals surface area contributed by atoms with E-state index in [1.165, 1.54) is 120 Å². The van der Waals surface area contributed by atoms with Crippen molar-refractivity contribution in [1.29, 1.82) is 0 Å². The summed E-state index contributed by atoms with van der Waals surface area (Å²) in [6, 6.07) is 18.3. The molecular weight excluding hydrogens is 424 g/mol. The molecule has 0 amide bonds. The molecule has 0 saturated heterocycles. The summed E-state index contributed by atoms with van der Waals surface area (Å²) in [6.45, 7) is 5.41. The van der Waals surface area contributed by atoms with E-state index in [4.69, 9.17) is 4.74 Å². The maximum atomic E-state index is 5.98. The van der Waals surface area contributed by atoms with Crippen LogP contribution in [0.5, 0.6) is 5.75 Å². The molecule has 0 bridgehead atoms. The highest BCUT2D eigenvalue weighted by Crippen LogP contribution is 2.44. The van der Waals surface area contributed by atoms with Crippen LogP contribution in [0.1, 0.15) is 135 Å². The van der Waals surface area contributed by atoms with Crippen molar-refractivity contribution in [2.75, 3.05) is 6.61 Å². The van der Waals surface area contributed by atoms with Crippen molar-refractivity contribution in [3.63, 3.8) is 0 Å². The number of hydrogen-bond donors (Lipinski definition) is 0. The van der Waals surface area contributed by atoms with Gasteiger partial charge in [-0.2, -0.15) is 0 Å². The molecule has 0 aromatic heterocycles. The molecule has 1 nitrogen and oxygen atoms in total. The average molecular weight is 477 g/mol. The molecule has 0 spiro atoms. The highest BCUT2D eigenvalue weighted by Gasteiger charge is 2.33. The van der Waals surface area contributed by atoms with Gasteiger partial charge >= 0.3 is 0 Å². The Kier molecular flexibility index (Phi) is 12.8. The molecule has 0 radical (unpaired) electrons. The number of unbranched alkanes of at least 4 members (excludes halogenated alkanes) is 10. The Morgan fingerprint density at radius 3 is 1.69 bits per heavy atom. The van der Waals surface area contributed by atoms with Gasteiger partial charge in [0.05, 0.1) is 6.61 Å². The first-order valence-electron chi connectivity index (χ1n) is 15.1. The van der Waals surface area contributed by atoms with Crippen LogP contribution in [-0.2, 0) is 5.41 Å². The van der Waals surface area contributed by atoms with Gasteiger partial charge in [0.15, 0.2) is 0 Å². The predicted molar refractivity (Wildman–Crippen MR) is 154 cm³/mol. The summed E-state index contributed by atoms with van der Waals surface area (Å²) < 4.78 is 5.98. The smallest absolute Gasteiger partial charge is 0.119 e. The van der Waals surface area contributed by atoms with E-state index in [2.05, 4.69) is 62.4 Å².